The molecule has 2 aliphatic rings. The minimum atomic E-state index is -0.200. The van der Waals surface area contributed by atoms with Crippen LogP contribution in [0.25, 0.3) is 11.1 Å². The molecule has 0 fully saturated rings. The van der Waals surface area contributed by atoms with Gasteiger partial charge in [-0.05, 0) is 127 Å². The van der Waals surface area contributed by atoms with Crippen LogP contribution in [0.4, 0.5) is 34.1 Å². The van der Waals surface area contributed by atoms with Gasteiger partial charge in [0.2, 0.25) is 0 Å². The van der Waals surface area contributed by atoms with Crippen LogP contribution < -0.4 is 26.2 Å². The Labute approximate surface area is 366 Å². The van der Waals surface area contributed by atoms with Gasteiger partial charge in [-0.2, -0.15) is 0 Å². The van der Waals surface area contributed by atoms with Gasteiger partial charge in [-0.1, -0.05) is 179 Å². The molecule has 9 rings (SSSR count). The molecule has 3 heteroatoms. The van der Waals surface area contributed by atoms with E-state index in [1.54, 1.807) is 0 Å². The lowest BCUT2D eigenvalue weighted by atomic mass is 9.33. The van der Waals surface area contributed by atoms with E-state index in [0.29, 0.717) is 0 Å². The van der Waals surface area contributed by atoms with Crippen molar-refractivity contribution in [3.05, 3.63) is 185 Å². The summed E-state index contributed by atoms with van der Waals surface area (Å²) in [6.45, 7) is 27.9. The molecule has 0 spiro atoms. The van der Waals surface area contributed by atoms with Gasteiger partial charge in [-0.25, -0.2) is 0 Å². The number of fused-ring (bicyclic) bond motifs is 4. The molecule has 0 aromatic heterocycles. The van der Waals surface area contributed by atoms with Crippen molar-refractivity contribution < 1.29 is 0 Å². The first-order valence-electron chi connectivity index (χ1n) is 22.2. The minimum absolute atomic E-state index is 0.00715. The third-order valence-electron chi connectivity index (χ3n) is 13.5. The van der Waals surface area contributed by atoms with E-state index in [0.717, 1.165) is 0 Å². The van der Waals surface area contributed by atoms with Gasteiger partial charge in [-0.3, -0.25) is 0 Å². The van der Waals surface area contributed by atoms with Crippen LogP contribution in [0.1, 0.15) is 110 Å². The first-order valence-corrected chi connectivity index (χ1v) is 22.2. The van der Waals surface area contributed by atoms with Gasteiger partial charge in [0, 0.05) is 39.4 Å². The van der Waals surface area contributed by atoms with Crippen molar-refractivity contribution >= 4 is 57.2 Å². The van der Waals surface area contributed by atoms with Crippen molar-refractivity contribution in [1.82, 2.24) is 0 Å². The zero-order chi connectivity index (χ0) is 43.2. The van der Waals surface area contributed by atoms with E-state index in [1.165, 1.54) is 95.0 Å². The van der Waals surface area contributed by atoms with E-state index >= 15 is 0 Å². The second kappa shape index (κ2) is 14.4. The second-order valence-corrected chi connectivity index (χ2v) is 21.3. The van der Waals surface area contributed by atoms with Gasteiger partial charge in [0.1, 0.15) is 0 Å². The fourth-order valence-electron chi connectivity index (χ4n) is 9.70. The molecule has 306 valence electrons. The maximum atomic E-state index is 2.62. The van der Waals surface area contributed by atoms with Gasteiger partial charge in [-0.15, -0.1) is 0 Å². The van der Waals surface area contributed by atoms with Crippen LogP contribution in [0.3, 0.4) is 0 Å². The molecule has 2 heterocycles. The molecule has 0 atom stereocenters. The lowest BCUT2D eigenvalue weighted by molar-refractivity contribution is 0.590. The summed E-state index contributed by atoms with van der Waals surface area (Å²) < 4.78 is 0. The van der Waals surface area contributed by atoms with Crippen molar-refractivity contribution in [2.24, 2.45) is 0 Å². The Morgan fingerprint density at radius 1 is 0.377 bits per heavy atom. The SMILES string of the molecule is Cc1cc2c3c(c1)N(c1ccc(C(C)(C)c4ccccc4)cc1-c1ccccc1)c1cc(C(C)(C)C)ccc1B3c1ccc(C(C)(C)C)cc1N2c1ccc(C(C)(C)C)cc1. The van der Waals surface area contributed by atoms with Gasteiger partial charge in [0.25, 0.3) is 6.71 Å². The lowest BCUT2D eigenvalue weighted by Gasteiger charge is -2.45. The van der Waals surface area contributed by atoms with Gasteiger partial charge in [0.05, 0.1) is 5.69 Å². The average molecular weight is 797 g/mol. The summed E-state index contributed by atoms with van der Waals surface area (Å²) in [4.78, 5) is 5.18. The highest BCUT2D eigenvalue weighted by atomic mass is 15.2. The molecule has 0 radical (unpaired) electrons. The standard InChI is InChI=1S/C58H61BN2/c1-38-33-52-54-53(34-38)61(49-32-27-44(35-46(49)39-19-15-13-16-20-39)58(11,12)41-21-17-14-18-22-41)51-37-43(57(8,9)10)26-31-48(51)59(54)47-30-25-42(56(5,6)7)36-50(47)60(52)45-28-23-40(24-29-45)55(2,3)4/h13-37H,1-12H3. The van der Waals surface area contributed by atoms with E-state index in [4.69, 9.17) is 0 Å². The first-order chi connectivity index (χ1) is 28.8. The summed E-state index contributed by atoms with van der Waals surface area (Å²) in [7, 11) is 0. The van der Waals surface area contributed by atoms with E-state index in [1.807, 2.05) is 0 Å². The summed E-state index contributed by atoms with van der Waals surface area (Å²) in [5.74, 6) is 0. The molecule has 0 N–H and O–H groups in total. The Kier molecular flexibility index (Phi) is 9.59. The van der Waals surface area contributed by atoms with E-state index in [-0.39, 0.29) is 28.4 Å². The number of anilines is 6. The quantitative estimate of drug-likeness (QED) is 0.160. The maximum absolute atomic E-state index is 2.62. The normalized spacial score (nSPS) is 13.8. The number of nitrogens with zero attached hydrogens (tertiary/aromatic N) is 2. The molecule has 2 aliphatic heterocycles. The summed E-state index contributed by atoms with van der Waals surface area (Å²) in [6.07, 6.45) is 0. The molecule has 0 saturated heterocycles. The van der Waals surface area contributed by atoms with Crippen LogP contribution in [-0.2, 0) is 21.7 Å². The predicted molar refractivity (Wildman–Crippen MR) is 265 cm³/mol. The number of rotatable bonds is 5. The van der Waals surface area contributed by atoms with Crippen LogP contribution >= 0.6 is 0 Å². The lowest BCUT2D eigenvalue weighted by Crippen LogP contribution is -2.61. The Morgan fingerprint density at radius 3 is 1.39 bits per heavy atom. The Balaban J connectivity index is 1.36. The molecular formula is C58H61BN2. The number of benzene rings is 7. The van der Waals surface area contributed by atoms with E-state index in [9.17, 15) is 0 Å². The number of hydrogen-bond donors (Lipinski definition) is 0. The van der Waals surface area contributed by atoms with Gasteiger partial charge in [0.15, 0.2) is 0 Å². The minimum Gasteiger partial charge on any atom is -0.311 e. The topological polar surface area (TPSA) is 6.48 Å². The zero-order valence-electron chi connectivity index (χ0n) is 38.4. The molecule has 2 nitrogen and oxygen atoms in total. The smallest absolute Gasteiger partial charge is 0.252 e. The third kappa shape index (κ3) is 7.01. The van der Waals surface area contributed by atoms with Crippen LogP contribution in [0, 0.1) is 6.92 Å². The summed E-state index contributed by atoms with van der Waals surface area (Å²) >= 11 is 0. The van der Waals surface area contributed by atoms with Gasteiger partial charge >= 0.3 is 0 Å². The van der Waals surface area contributed by atoms with Crippen molar-refractivity contribution in [1.29, 1.82) is 0 Å². The van der Waals surface area contributed by atoms with Crippen LogP contribution in [0.2, 0.25) is 0 Å². The molecule has 0 unspecified atom stereocenters. The molecule has 61 heavy (non-hydrogen) atoms. The Morgan fingerprint density at radius 2 is 0.852 bits per heavy atom. The highest BCUT2D eigenvalue weighted by Crippen LogP contribution is 2.49. The molecular weight excluding hydrogens is 735 g/mol. The molecule has 0 bridgehead atoms. The molecule has 7 aromatic carbocycles. The highest BCUT2D eigenvalue weighted by molar-refractivity contribution is 7.00. The highest BCUT2D eigenvalue weighted by Gasteiger charge is 2.44. The zero-order valence-corrected chi connectivity index (χ0v) is 38.4. The van der Waals surface area contributed by atoms with Crippen LogP contribution in [0.15, 0.2) is 152 Å². The van der Waals surface area contributed by atoms with Crippen molar-refractivity contribution in [2.75, 3.05) is 9.80 Å². The largest absolute Gasteiger partial charge is 0.311 e. The summed E-state index contributed by atoms with van der Waals surface area (Å²) in [6, 6.07) is 58.1. The molecule has 0 aliphatic carbocycles. The Hall–Kier alpha value is -5.80. The van der Waals surface area contributed by atoms with Crippen molar-refractivity contribution in [3.63, 3.8) is 0 Å². The first kappa shape index (κ1) is 40.6. The molecule has 7 aromatic rings. The number of hydrogen-bond acceptors (Lipinski definition) is 2. The monoisotopic (exact) mass is 796 g/mol. The molecule has 0 saturated carbocycles. The van der Waals surface area contributed by atoms with Crippen molar-refractivity contribution in [3.8, 4) is 11.1 Å². The second-order valence-electron chi connectivity index (χ2n) is 21.3. The Bertz CT molecular complexity index is 2780. The predicted octanol–water partition coefficient (Wildman–Crippen LogP) is 14.0. The summed E-state index contributed by atoms with van der Waals surface area (Å²) in [5.41, 5.74) is 21.5. The average Bonchev–Trinajstić information content (AvgIpc) is 3.22. The van der Waals surface area contributed by atoms with E-state index in [2.05, 4.69) is 245 Å². The summed E-state index contributed by atoms with van der Waals surface area (Å²) in [5, 5.41) is 0. The van der Waals surface area contributed by atoms with Crippen LogP contribution in [-0.4, -0.2) is 6.71 Å². The maximum Gasteiger partial charge on any atom is 0.252 e. The van der Waals surface area contributed by atoms with Crippen molar-refractivity contribution in [2.45, 2.75) is 105 Å². The van der Waals surface area contributed by atoms with Crippen LogP contribution in [0.5, 0.6) is 0 Å². The van der Waals surface area contributed by atoms with E-state index < -0.39 is 0 Å². The third-order valence-corrected chi connectivity index (χ3v) is 13.5. The fraction of sp³-hybridized carbons (Fsp3) is 0.276. The van der Waals surface area contributed by atoms with Gasteiger partial charge < -0.3 is 9.80 Å². The fourth-order valence-corrected chi connectivity index (χ4v) is 9.70. The molecule has 0 amide bonds. The number of aryl methyl sites for hydroxylation is 1.